The zero-order chi connectivity index (χ0) is 7.14. The summed E-state index contributed by atoms with van der Waals surface area (Å²) in [6.45, 7) is 4.53. The summed E-state index contributed by atoms with van der Waals surface area (Å²) in [4.78, 5) is 13.2. The van der Waals surface area contributed by atoms with Crippen LogP contribution in [-0.4, -0.2) is 29.3 Å². The topological polar surface area (TPSA) is 20.1 Å². The lowest BCUT2D eigenvalue weighted by atomic mass is 10.3. The summed E-state index contributed by atoms with van der Waals surface area (Å²) >= 11 is 0. The Morgan fingerprint density at radius 3 is 3.10 bits per heavy atom. The number of likely N-dealkylation sites (tertiary alicyclic amines) is 1. The average molecular weight is 137 g/mol. The average Bonchev–Trinajstić information content (AvgIpc) is 2.45. The van der Waals surface area contributed by atoms with E-state index < -0.39 is 0 Å². The maximum Gasteiger partial charge on any atom is 0.151 e. The van der Waals surface area contributed by atoms with Crippen LogP contribution in [0.25, 0.3) is 0 Å². The number of rotatable bonds is 2. The SMILES string of the molecule is C=CCN1C2CCC(=O)C21. The van der Waals surface area contributed by atoms with Crippen LogP contribution >= 0.6 is 0 Å². The molecule has 1 saturated carbocycles. The summed E-state index contributed by atoms with van der Waals surface area (Å²) in [6, 6.07) is 0.878. The molecule has 0 aromatic heterocycles. The molecule has 2 heteroatoms. The van der Waals surface area contributed by atoms with Crippen molar-refractivity contribution in [3.8, 4) is 0 Å². The van der Waals surface area contributed by atoms with Crippen LogP contribution < -0.4 is 0 Å². The smallest absolute Gasteiger partial charge is 0.151 e. The van der Waals surface area contributed by atoms with E-state index in [1.807, 2.05) is 6.08 Å². The van der Waals surface area contributed by atoms with E-state index in [2.05, 4.69) is 11.5 Å². The van der Waals surface area contributed by atoms with Gasteiger partial charge in [-0.25, -0.2) is 0 Å². The molecule has 2 rings (SSSR count). The van der Waals surface area contributed by atoms with Crippen molar-refractivity contribution < 1.29 is 4.79 Å². The van der Waals surface area contributed by atoms with Crippen molar-refractivity contribution in [3.05, 3.63) is 12.7 Å². The van der Waals surface area contributed by atoms with Gasteiger partial charge in [0.15, 0.2) is 5.78 Å². The standard InChI is InChI=1S/C8H11NO/c1-2-5-9-6-3-4-7(10)8(6)9/h2,6,8H,1,3-5H2. The van der Waals surface area contributed by atoms with Crippen LogP contribution in [0.5, 0.6) is 0 Å². The molecule has 1 aliphatic heterocycles. The van der Waals surface area contributed by atoms with E-state index >= 15 is 0 Å². The maximum atomic E-state index is 11.0. The number of Topliss-reactive ketones (excluding diaryl/α,β-unsaturated/α-hetero) is 1. The molecule has 1 aliphatic carbocycles. The number of piperidine rings is 1. The third kappa shape index (κ3) is 0.655. The molecule has 0 aromatic carbocycles. The van der Waals surface area contributed by atoms with Gasteiger partial charge in [0.2, 0.25) is 0 Å². The van der Waals surface area contributed by atoms with Gasteiger partial charge in [0, 0.05) is 19.0 Å². The van der Waals surface area contributed by atoms with Crippen LogP contribution in [0.1, 0.15) is 12.8 Å². The first-order valence-corrected chi connectivity index (χ1v) is 3.74. The first kappa shape index (κ1) is 6.10. The van der Waals surface area contributed by atoms with Crippen molar-refractivity contribution in [1.82, 2.24) is 4.90 Å². The van der Waals surface area contributed by atoms with E-state index in [1.54, 1.807) is 0 Å². The Labute approximate surface area is 60.5 Å². The van der Waals surface area contributed by atoms with Gasteiger partial charge in [0.1, 0.15) is 0 Å². The van der Waals surface area contributed by atoms with Crippen molar-refractivity contribution in [2.45, 2.75) is 24.9 Å². The number of fused-ring (bicyclic) bond motifs is 1. The fourth-order valence-electron chi connectivity index (χ4n) is 1.89. The van der Waals surface area contributed by atoms with Crippen LogP contribution in [0.3, 0.4) is 0 Å². The first-order valence-electron chi connectivity index (χ1n) is 3.74. The van der Waals surface area contributed by atoms with Gasteiger partial charge in [-0.1, -0.05) is 6.08 Å². The summed E-state index contributed by atoms with van der Waals surface area (Å²) in [6.07, 6.45) is 3.76. The minimum absolute atomic E-state index is 0.290. The Balaban J connectivity index is 1.98. The van der Waals surface area contributed by atoms with E-state index in [4.69, 9.17) is 0 Å². The molecular weight excluding hydrogens is 126 g/mol. The molecule has 0 spiro atoms. The monoisotopic (exact) mass is 137 g/mol. The predicted octanol–water partition coefficient (Wildman–Crippen LogP) is 0.588. The van der Waals surface area contributed by atoms with Crippen LogP contribution in [0.15, 0.2) is 12.7 Å². The molecular formula is C8H11NO. The molecule has 2 nitrogen and oxygen atoms in total. The van der Waals surface area contributed by atoms with Gasteiger partial charge in [0.05, 0.1) is 6.04 Å². The molecule has 2 aliphatic rings. The first-order chi connectivity index (χ1) is 4.84. The van der Waals surface area contributed by atoms with Gasteiger partial charge in [-0.15, -0.1) is 6.58 Å². The highest BCUT2D eigenvalue weighted by Gasteiger charge is 2.54. The Morgan fingerprint density at radius 2 is 2.60 bits per heavy atom. The molecule has 0 aromatic rings. The van der Waals surface area contributed by atoms with Gasteiger partial charge in [-0.2, -0.15) is 0 Å². The lowest BCUT2D eigenvalue weighted by molar-refractivity contribution is -0.118. The third-order valence-corrected chi connectivity index (χ3v) is 2.41. The van der Waals surface area contributed by atoms with Crippen LogP contribution in [0.2, 0.25) is 0 Å². The fourth-order valence-corrected chi connectivity index (χ4v) is 1.89. The summed E-state index contributed by atoms with van der Waals surface area (Å²) in [5.74, 6) is 0.437. The fraction of sp³-hybridized carbons (Fsp3) is 0.625. The van der Waals surface area contributed by atoms with E-state index in [-0.39, 0.29) is 6.04 Å². The Morgan fingerprint density at radius 1 is 1.80 bits per heavy atom. The summed E-state index contributed by atoms with van der Waals surface area (Å²) in [7, 11) is 0. The normalized spacial score (nSPS) is 43.2. The van der Waals surface area contributed by atoms with E-state index in [0.29, 0.717) is 11.8 Å². The van der Waals surface area contributed by atoms with Gasteiger partial charge < -0.3 is 0 Å². The van der Waals surface area contributed by atoms with Crippen molar-refractivity contribution in [1.29, 1.82) is 0 Å². The predicted molar refractivity (Wildman–Crippen MR) is 38.7 cm³/mol. The second kappa shape index (κ2) is 1.92. The molecule has 10 heavy (non-hydrogen) atoms. The Kier molecular flexibility index (Phi) is 1.17. The summed E-state index contributed by atoms with van der Waals surface area (Å²) < 4.78 is 0. The zero-order valence-electron chi connectivity index (χ0n) is 5.92. The lowest BCUT2D eigenvalue weighted by Gasteiger charge is -2.00. The minimum atomic E-state index is 0.290. The quantitative estimate of drug-likeness (QED) is 0.410. The number of hydrogen-bond acceptors (Lipinski definition) is 2. The number of ketones is 1. The van der Waals surface area contributed by atoms with E-state index in [9.17, 15) is 4.79 Å². The van der Waals surface area contributed by atoms with Crippen LogP contribution in [0.4, 0.5) is 0 Å². The van der Waals surface area contributed by atoms with Gasteiger partial charge in [0.25, 0.3) is 0 Å². The van der Waals surface area contributed by atoms with Crippen molar-refractivity contribution in [2.24, 2.45) is 0 Å². The van der Waals surface area contributed by atoms with Gasteiger partial charge >= 0.3 is 0 Å². The van der Waals surface area contributed by atoms with E-state index in [1.165, 1.54) is 0 Å². The number of hydrogen-bond donors (Lipinski definition) is 0. The lowest BCUT2D eigenvalue weighted by Crippen LogP contribution is -2.12. The second-order valence-electron chi connectivity index (χ2n) is 3.00. The minimum Gasteiger partial charge on any atom is -0.298 e. The zero-order valence-corrected chi connectivity index (χ0v) is 5.92. The van der Waals surface area contributed by atoms with Gasteiger partial charge in [-0.3, -0.25) is 9.69 Å². The molecule has 0 radical (unpaired) electrons. The number of carbonyl (C=O) groups excluding carboxylic acids is 1. The molecule has 0 N–H and O–H groups in total. The second-order valence-corrected chi connectivity index (χ2v) is 3.00. The molecule has 0 amide bonds. The highest BCUT2D eigenvalue weighted by Crippen LogP contribution is 2.39. The highest BCUT2D eigenvalue weighted by molar-refractivity contribution is 5.90. The van der Waals surface area contributed by atoms with Crippen molar-refractivity contribution in [2.75, 3.05) is 6.54 Å². The highest BCUT2D eigenvalue weighted by atomic mass is 16.1. The maximum absolute atomic E-state index is 11.0. The molecule has 0 bridgehead atoms. The number of nitrogens with zero attached hydrogens (tertiary/aromatic N) is 1. The summed E-state index contributed by atoms with van der Waals surface area (Å²) in [5, 5.41) is 0. The largest absolute Gasteiger partial charge is 0.298 e. The molecule has 1 saturated heterocycles. The molecule has 54 valence electrons. The van der Waals surface area contributed by atoms with Gasteiger partial charge in [-0.05, 0) is 6.42 Å². The summed E-state index contributed by atoms with van der Waals surface area (Å²) in [5.41, 5.74) is 0. The molecule has 2 fully saturated rings. The van der Waals surface area contributed by atoms with E-state index in [0.717, 1.165) is 19.4 Å². The van der Waals surface area contributed by atoms with Crippen molar-refractivity contribution >= 4 is 5.78 Å². The molecule has 3 atom stereocenters. The van der Waals surface area contributed by atoms with Crippen molar-refractivity contribution in [3.63, 3.8) is 0 Å². The number of carbonyl (C=O) groups is 1. The Bertz CT molecular complexity index is 188. The molecule has 3 unspecified atom stereocenters. The van der Waals surface area contributed by atoms with Crippen LogP contribution in [0, 0.1) is 0 Å². The Hall–Kier alpha value is -0.630. The third-order valence-electron chi connectivity index (χ3n) is 2.41. The van der Waals surface area contributed by atoms with Crippen LogP contribution in [-0.2, 0) is 4.79 Å². The molecule has 1 heterocycles.